The highest BCUT2D eigenvalue weighted by Crippen LogP contribution is 2.16. The molecule has 0 fully saturated rings. The van der Waals surface area contributed by atoms with Gasteiger partial charge in [0.15, 0.2) is 0 Å². The molecule has 0 saturated heterocycles. The van der Waals surface area contributed by atoms with Crippen molar-refractivity contribution in [3.63, 3.8) is 0 Å². The van der Waals surface area contributed by atoms with Crippen molar-refractivity contribution >= 4 is 0 Å². The molecule has 0 aromatic rings. The fourth-order valence-corrected chi connectivity index (χ4v) is 1.74. The van der Waals surface area contributed by atoms with Gasteiger partial charge >= 0.3 is 0 Å². The summed E-state index contributed by atoms with van der Waals surface area (Å²) in [6, 6.07) is 0.524. The van der Waals surface area contributed by atoms with Crippen LogP contribution in [0.2, 0.25) is 0 Å². The maximum absolute atomic E-state index is 9.42. The van der Waals surface area contributed by atoms with E-state index in [1.807, 2.05) is 7.05 Å². The second-order valence-corrected chi connectivity index (χ2v) is 5.22. The zero-order valence-electron chi connectivity index (χ0n) is 11.1. The van der Waals surface area contributed by atoms with Crippen LogP contribution in [-0.4, -0.2) is 41.8 Å². The minimum Gasteiger partial charge on any atom is -0.395 e. The van der Waals surface area contributed by atoms with Crippen molar-refractivity contribution in [1.29, 1.82) is 0 Å². The number of nitrogens with two attached hydrogens (primary N) is 1. The molecule has 15 heavy (non-hydrogen) atoms. The molecule has 0 aliphatic carbocycles. The first-order valence-electron chi connectivity index (χ1n) is 5.91. The van der Waals surface area contributed by atoms with E-state index < -0.39 is 0 Å². The summed E-state index contributed by atoms with van der Waals surface area (Å²) in [7, 11) is 2.05. The van der Waals surface area contributed by atoms with Crippen LogP contribution in [0.5, 0.6) is 0 Å². The highest BCUT2D eigenvalue weighted by molar-refractivity contribution is 4.85. The largest absolute Gasteiger partial charge is 0.395 e. The van der Waals surface area contributed by atoms with Crippen LogP contribution >= 0.6 is 0 Å². The molecule has 0 saturated carbocycles. The second-order valence-electron chi connectivity index (χ2n) is 5.22. The summed E-state index contributed by atoms with van der Waals surface area (Å²) in [4.78, 5) is 2.20. The highest BCUT2D eigenvalue weighted by Gasteiger charge is 2.27. The molecule has 0 aromatic carbocycles. The Balaban J connectivity index is 4.52. The van der Waals surface area contributed by atoms with Crippen molar-refractivity contribution in [1.82, 2.24) is 4.90 Å². The van der Waals surface area contributed by atoms with E-state index >= 15 is 0 Å². The van der Waals surface area contributed by atoms with Gasteiger partial charge in [0.05, 0.1) is 6.61 Å². The number of hydrogen-bond acceptors (Lipinski definition) is 3. The third-order valence-corrected chi connectivity index (χ3v) is 3.53. The monoisotopic (exact) mass is 216 g/mol. The fraction of sp³-hybridized carbons (Fsp3) is 1.00. The van der Waals surface area contributed by atoms with Crippen molar-refractivity contribution < 1.29 is 5.11 Å². The third-order valence-electron chi connectivity index (χ3n) is 3.53. The van der Waals surface area contributed by atoms with Gasteiger partial charge in [-0.25, -0.2) is 0 Å². The SMILES string of the molecule is CC(C)C(N)C(CO)N(C)C(C)C(C)C. The molecule has 0 aromatic heterocycles. The predicted molar refractivity (Wildman–Crippen MR) is 65.8 cm³/mol. The number of aliphatic hydroxyl groups excluding tert-OH is 1. The van der Waals surface area contributed by atoms with Crippen LogP contribution in [-0.2, 0) is 0 Å². The second kappa shape index (κ2) is 6.46. The van der Waals surface area contributed by atoms with Gasteiger partial charge in [-0.2, -0.15) is 0 Å². The molecule has 0 rings (SSSR count). The molecule has 3 atom stereocenters. The van der Waals surface area contributed by atoms with Gasteiger partial charge in [-0.05, 0) is 25.8 Å². The molecule has 0 bridgehead atoms. The Labute approximate surface area is 94.6 Å². The van der Waals surface area contributed by atoms with Crippen LogP contribution in [0.1, 0.15) is 34.6 Å². The highest BCUT2D eigenvalue weighted by atomic mass is 16.3. The van der Waals surface area contributed by atoms with Gasteiger partial charge in [0.2, 0.25) is 0 Å². The Hall–Kier alpha value is -0.120. The smallest absolute Gasteiger partial charge is 0.0602 e. The Morgan fingerprint density at radius 1 is 1.07 bits per heavy atom. The Morgan fingerprint density at radius 3 is 1.80 bits per heavy atom. The van der Waals surface area contributed by atoms with Crippen molar-refractivity contribution in [3.8, 4) is 0 Å². The van der Waals surface area contributed by atoms with E-state index in [-0.39, 0.29) is 18.7 Å². The molecule has 0 aliphatic heterocycles. The summed E-state index contributed by atoms with van der Waals surface area (Å²) in [6.45, 7) is 10.9. The quantitative estimate of drug-likeness (QED) is 0.704. The van der Waals surface area contributed by atoms with E-state index in [9.17, 15) is 5.11 Å². The lowest BCUT2D eigenvalue weighted by Crippen LogP contribution is -2.54. The third kappa shape index (κ3) is 4.09. The maximum atomic E-state index is 9.42. The first-order valence-corrected chi connectivity index (χ1v) is 5.91. The van der Waals surface area contributed by atoms with E-state index in [0.29, 0.717) is 17.9 Å². The number of rotatable bonds is 6. The van der Waals surface area contributed by atoms with Crippen LogP contribution in [0.3, 0.4) is 0 Å². The van der Waals surface area contributed by atoms with Gasteiger partial charge in [-0.15, -0.1) is 0 Å². The summed E-state index contributed by atoms with van der Waals surface area (Å²) >= 11 is 0. The van der Waals surface area contributed by atoms with Crippen LogP contribution in [0.25, 0.3) is 0 Å². The molecule has 0 heterocycles. The van der Waals surface area contributed by atoms with Crippen LogP contribution in [0.4, 0.5) is 0 Å². The molecule has 0 radical (unpaired) electrons. The zero-order valence-corrected chi connectivity index (χ0v) is 11.1. The van der Waals surface area contributed by atoms with Gasteiger partial charge in [0.25, 0.3) is 0 Å². The lowest BCUT2D eigenvalue weighted by Gasteiger charge is -2.38. The number of nitrogens with zero attached hydrogens (tertiary/aromatic N) is 1. The maximum Gasteiger partial charge on any atom is 0.0602 e. The van der Waals surface area contributed by atoms with Gasteiger partial charge in [0.1, 0.15) is 0 Å². The average molecular weight is 216 g/mol. The summed E-state index contributed by atoms with van der Waals surface area (Å²) < 4.78 is 0. The summed E-state index contributed by atoms with van der Waals surface area (Å²) in [5, 5.41) is 9.42. The van der Waals surface area contributed by atoms with E-state index in [1.165, 1.54) is 0 Å². The standard InChI is InChI=1S/C12H28N2O/c1-8(2)10(5)14(6)11(7-15)12(13)9(3)4/h8-12,15H,7,13H2,1-6H3. The van der Waals surface area contributed by atoms with Gasteiger partial charge in [0, 0.05) is 18.1 Å². The minimum atomic E-state index is 0.0289. The van der Waals surface area contributed by atoms with E-state index in [0.717, 1.165) is 0 Å². The van der Waals surface area contributed by atoms with Crippen molar-refractivity contribution in [2.75, 3.05) is 13.7 Å². The van der Waals surface area contributed by atoms with Crippen LogP contribution in [0, 0.1) is 11.8 Å². The molecule has 3 N–H and O–H groups in total. The molecular weight excluding hydrogens is 188 g/mol. The van der Waals surface area contributed by atoms with Gasteiger partial charge < -0.3 is 10.8 Å². The molecule has 3 unspecified atom stereocenters. The Bertz CT molecular complexity index is 171. The Morgan fingerprint density at radius 2 is 1.53 bits per heavy atom. The molecule has 3 heteroatoms. The van der Waals surface area contributed by atoms with Crippen molar-refractivity contribution in [2.45, 2.75) is 52.7 Å². The fourth-order valence-electron chi connectivity index (χ4n) is 1.74. The average Bonchev–Trinajstić information content (AvgIpc) is 2.16. The van der Waals surface area contributed by atoms with E-state index in [1.54, 1.807) is 0 Å². The minimum absolute atomic E-state index is 0.0289. The van der Waals surface area contributed by atoms with Crippen LogP contribution < -0.4 is 5.73 Å². The van der Waals surface area contributed by atoms with E-state index in [2.05, 4.69) is 39.5 Å². The predicted octanol–water partition coefficient (Wildman–Crippen LogP) is 1.31. The normalized spacial score (nSPS) is 18.6. The van der Waals surface area contributed by atoms with Crippen molar-refractivity contribution in [3.05, 3.63) is 0 Å². The lowest BCUT2D eigenvalue weighted by molar-refractivity contribution is 0.0688. The molecule has 3 nitrogen and oxygen atoms in total. The topological polar surface area (TPSA) is 49.5 Å². The zero-order chi connectivity index (χ0) is 12.2. The molecule has 0 amide bonds. The summed E-state index contributed by atoms with van der Waals surface area (Å²) in [6.07, 6.45) is 0. The molecule has 0 spiro atoms. The van der Waals surface area contributed by atoms with Gasteiger partial charge in [-0.1, -0.05) is 27.7 Å². The number of hydrogen-bond donors (Lipinski definition) is 2. The molecular formula is C12H28N2O. The summed E-state index contributed by atoms with van der Waals surface area (Å²) in [5.41, 5.74) is 6.11. The van der Waals surface area contributed by atoms with Gasteiger partial charge in [-0.3, -0.25) is 4.90 Å². The number of aliphatic hydroxyl groups is 1. The summed E-state index contributed by atoms with van der Waals surface area (Å²) in [5.74, 6) is 0.965. The van der Waals surface area contributed by atoms with Crippen molar-refractivity contribution in [2.24, 2.45) is 17.6 Å². The lowest BCUT2D eigenvalue weighted by atomic mass is 9.94. The molecule has 0 aliphatic rings. The molecule has 92 valence electrons. The number of likely N-dealkylation sites (N-methyl/N-ethyl adjacent to an activating group) is 1. The first-order chi connectivity index (χ1) is 6.82. The van der Waals surface area contributed by atoms with Crippen LogP contribution in [0.15, 0.2) is 0 Å². The Kier molecular flexibility index (Phi) is 6.41. The first kappa shape index (κ1) is 14.9. The van der Waals surface area contributed by atoms with E-state index in [4.69, 9.17) is 5.73 Å².